The van der Waals surface area contributed by atoms with E-state index in [4.69, 9.17) is 0 Å². The summed E-state index contributed by atoms with van der Waals surface area (Å²) in [5, 5.41) is 10.3. The molecule has 18 heavy (non-hydrogen) atoms. The van der Waals surface area contributed by atoms with E-state index in [9.17, 15) is 18.3 Å². The third kappa shape index (κ3) is 3.63. The topological polar surface area (TPSA) is 29.5 Å². The molecule has 1 aromatic rings. The number of halogens is 3. The fraction of sp³-hybridized carbons (Fsp3) is 0.538. The molecule has 0 bridgehead atoms. The van der Waals surface area contributed by atoms with Crippen LogP contribution in [0.3, 0.4) is 0 Å². The molecule has 0 saturated heterocycles. The van der Waals surface area contributed by atoms with Gasteiger partial charge < -0.3 is 9.84 Å². The number of ether oxygens (including phenoxy) is 1. The van der Waals surface area contributed by atoms with Crippen LogP contribution >= 0.6 is 0 Å². The summed E-state index contributed by atoms with van der Waals surface area (Å²) in [5.41, 5.74) is -0.765. The maximum atomic E-state index is 12.1. The van der Waals surface area contributed by atoms with Gasteiger partial charge in [0.2, 0.25) is 0 Å². The second-order valence-electron chi connectivity index (χ2n) is 4.53. The zero-order valence-corrected chi connectivity index (χ0v) is 10.6. The molecule has 0 aliphatic carbocycles. The predicted octanol–water partition coefficient (Wildman–Crippen LogP) is 3.84. The summed E-state index contributed by atoms with van der Waals surface area (Å²) < 4.78 is 40.2. The lowest BCUT2D eigenvalue weighted by Gasteiger charge is -2.30. The molecule has 0 fully saturated rings. The van der Waals surface area contributed by atoms with E-state index in [1.807, 2.05) is 13.8 Å². The molecule has 0 spiro atoms. The van der Waals surface area contributed by atoms with Gasteiger partial charge in [0.15, 0.2) is 0 Å². The van der Waals surface area contributed by atoms with E-state index in [-0.39, 0.29) is 11.7 Å². The standard InChI is InChI=1S/C13H17F3O2/c1-4-9(2)12(3,17)10-6-5-7-11(8-10)18-13(14,15)16/h5-9,17H,4H2,1-3H3. The van der Waals surface area contributed by atoms with Gasteiger partial charge in [-0.1, -0.05) is 32.4 Å². The van der Waals surface area contributed by atoms with Crippen LogP contribution in [0.15, 0.2) is 24.3 Å². The summed E-state index contributed by atoms with van der Waals surface area (Å²) >= 11 is 0. The number of benzene rings is 1. The maximum Gasteiger partial charge on any atom is 0.573 e. The Labute approximate surface area is 104 Å². The number of aliphatic hydroxyl groups is 1. The maximum absolute atomic E-state index is 12.1. The van der Waals surface area contributed by atoms with Crippen LogP contribution in [-0.2, 0) is 5.60 Å². The fourth-order valence-corrected chi connectivity index (χ4v) is 1.69. The van der Waals surface area contributed by atoms with Gasteiger partial charge in [-0.3, -0.25) is 0 Å². The highest BCUT2D eigenvalue weighted by molar-refractivity contribution is 5.32. The van der Waals surface area contributed by atoms with E-state index in [1.165, 1.54) is 18.2 Å². The molecule has 0 heterocycles. The Morgan fingerprint density at radius 2 is 1.94 bits per heavy atom. The van der Waals surface area contributed by atoms with E-state index < -0.39 is 12.0 Å². The van der Waals surface area contributed by atoms with Crippen molar-refractivity contribution in [3.8, 4) is 5.75 Å². The summed E-state index contributed by atoms with van der Waals surface area (Å²) in [5.74, 6) is -0.387. The van der Waals surface area contributed by atoms with Gasteiger partial charge >= 0.3 is 6.36 Å². The highest BCUT2D eigenvalue weighted by Gasteiger charge is 2.33. The molecule has 0 aliphatic rings. The summed E-state index contributed by atoms with van der Waals surface area (Å²) in [7, 11) is 0. The Bertz CT molecular complexity index is 399. The normalized spacial score (nSPS) is 17.1. The highest BCUT2D eigenvalue weighted by atomic mass is 19.4. The van der Waals surface area contributed by atoms with E-state index in [1.54, 1.807) is 13.0 Å². The van der Waals surface area contributed by atoms with Crippen molar-refractivity contribution >= 4 is 0 Å². The van der Waals surface area contributed by atoms with Crippen molar-refractivity contribution in [3.05, 3.63) is 29.8 Å². The summed E-state index contributed by atoms with van der Waals surface area (Å²) in [4.78, 5) is 0. The molecule has 2 atom stereocenters. The van der Waals surface area contributed by atoms with E-state index in [0.29, 0.717) is 5.56 Å². The lowest BCUT2D eigenvalue weighted by molar-refractivity contribution is -0.274. The van der Waals surface area contributed by atoms with Crippen molar-refractivity contribution < 1.29 is 23.0 Å². The average molecular weight is 262 g/mol. The van der Waals surface area contributed by atoms with Crippen molar-refractivity contribution in [2.45, 2.75) is 39.2 Å². The van der Waals surface area contributed by atoms with Crippen LogP contribution in [0.25, 0.3) is 0 Å². The van der Waals surface area contributed by atoms with Crippen LogP contribution in [0.1, 0.15) is 32.8 Å². The summed E-state index contributed by atoms with van der Waals surface area (Å²) in [6.07, 6.45) is -4.00. The molecule has 0 aliphatic heterocycles. The minimum atomic E-state index is -4.72. The molecule has 2 nitrogen and oxygen atoms in total. The van der Waals surface area contributed by atoms with Crippen LogP contribution < -0.4 is 4.74 Å². The Morgan fingerprint density at radius 1 is 1.33 bits per heavy atom. The van der Waals surface area contributed by atoms with Crippen LogP contribution in [0.2, 0.25) is 0 Å². The lowest BCUT2D eigenvalue weighted by atomic mass is 9.82. The van der Waals surface area contributed by atoms with Crippen molar-refractivity contribution in [3.63, 3.8) is 0 Å². The molecule has 1 N–H and O–H groups in total. The molecule has 102 valence electrons. The first-order valence-corrected chi connectivity index (χ1v) is 5.75. The second-order valence-corrected chi connectivity index (χ2v) is 4.53. The van der Waals surface area contributed by atoms with Crippen LogP contribution in [0.5, 0.6) is 5.75 Å². The Kier molecular flexibility index (Phi) is 4.27. The number of rotatable bonds is 4. The molecule has 1 aromatic carbocycles. The summed E-state index contributed by atoms with van der Waals surface area (Å²) in [6, 6.07) is 5.46. The Balaban J connectivity index is 3.01. The summed E-state index contributed by atoms with van der Waals surface area (Å²) in [6.45, 7) is 5.35. The third-order valence-electron chi connectivity index (χ3n) is 3.22. The molecule has 0 saturated carbocycles. The van der Waals surface area contributed by atoms with Gasteiger partial charge in [-0.15, -0.1) is 13.2 Å². The first kappa shape index (κ1) is 14.8. The number of hydrogen-bond donors (Lipinski definition) is 1. The van der Waals surface area contributed by atoms with Crippen LogP contribution in [-0.4, -0.2) is 11.5 Å². The molecule has 2 unspecified atom stereocenters. The zero-order valence-electron chi connectivity index (χ0n) is 10.6. The van der Waals surface area contributed by atoms with Crippen molar-refractivity contribution in [1.29, 1.82) is 0 Å². The second kappa shape index (κ2) is 5.18. The van der Waals surface area contributed by atoms with Gasteiger partial charge in [-0.2, -0.15) is 0 Å². The molecule has 5 heteroatoms. The quantitative estimate of drug-likeness (QED) is 0.893. The number of hydrogen-bond acceptors (Lipinski definition) is 2. The number of alkyl halides is 3. The van der Waals surface area contributed by atoms with Gasteiger partial charge in [-0.05, 0) is 30.5 Å². The first-order valence-electron chi connectivity index (χ1n) is 5.75. The first-order chi connectivity index (χ1) is 8.16. The Hall–Kier alpha value is -1.23. The molecule has 1 rings (SSSR count). The Morgan fingerprint density at radius 3 is 2.44 bits per heavy atom. The van der Waals surface area contributed by atoms with Crippen molar-refractivity contribution in [2.75, 3.05) is 0 Å². The minimum Gasteiger partial charge on any atom is -0.406 e. The van der Waals surface area contributed by atoms with Gasteiger partial charge in [-0.25, -0.2) is 0 Å². The molecule has 0 aromatic heterocycles. The van der Waals surface area contributed by atoms with Crippen molar-refractivity contribution in [2.24, 2.45) is 5.92 Å². The monoisotopic (exact) mass is 262 g/mol. The lowest BCUT2D eigenvalue weighted by Crippen LogP contribution is -2.29. The fourth-order valence-electron chi connectivity index (χ4n) is 1.69. The van der Waals surface area contributed by atoms with Crippen LogP contribution in [0, 0.1) is 5.92 Å². The predicted molar refractivity (Wildman–Crippen MR) is 62.2 cm³/mol. The molecule has 0 amide bonds. The molecular formula is C13H17F3O2. The molecular weight excluding hydrogens is 245 g/mol. The van der Waals surface area contributed by atoms with E-state index >= 15 is 0 Å². The SMILES string of the molecule is CCC(C)C(C)(O)c1cccc(OC(F)(F)F)c1. The smallest absolute Gasteiger partial charge is 0.406 e. The van der Waals surface area contributed by atoms with Gasteiger partial charge in [0.25, 0.3) is 0 Å². The largest absolute Gasteiger partial charge is 0.573 e. The molecule has 0 radical (unpaired) electrons. The zero-order chi connectivity index (χ0) is 14.0. The van der Waals surface area contributed by atoms with Gasteiger partial charge in [0, 0.05) is 0 Å². The van der Waals surface area contributed by atoms with Gasteiger partial charge in [0.1, 0.15) is 5.75 Å². The van der Waals surface area contributed by atoms with Crippen LogP contribution in [0.4, 0.5) is 13.2 Å². The van der Waals surface area contributed by atoms with Crippen molar-refractivity contribution in [1.82, 2.24) is 0 Å². The highest BCUT2D eigenvalue weighted by Crippen LogP contribution is 2.34. The third-order valence-corrected chi connectivity index (χ3v) is 3.22. The van der Waals surface area contributed by atoms with E-state index in [2.05, 4.69) is 4.74 Å². The van der Waals surface area contributed by atoms with E-state index in [0.717, 1.165) is 6.42 Å². The van der Waals surface area contributed by atoms with Gasteiger partial charge in [0.05, 0.1) is 5.60 Å². The minimum absolute atomic E-state index is 0.0707. The average Bonchev–Trinajstić information content (AvgIpc) is 2.26.